The highest BCUT2D eigenvalue weighted by molar-refractivity contribution is 7.89. The van der Waals surface area contributed by atoms with Crippen LogP contribution in [0.4, 0.5) is 0 Å². The Kier molecular flexibility index (Phi) is 5.98. The molecule has 0 radical (unpaired) electrons. The van der Waals surface area contributed by atoms with E-state index in [4.69, 9.17) is 14.6 Å². The molecule has 0 spiro atoms. The van der Waals surface area contributed by atoms with Gasteiger partial charge in [0.1, 0.15) is 16.2 Å². The molecule has 0 saturated heterocycles. The van der Waals surface area contributed by atoms with Gasteiger partial charge in [0, 0.05) is 6.54 Å². The molecule has 21 heavy (non-hydrogen) atoms. The second-order valence-electron chi connectivity index (χ2n) is 4.33. The average molecular weight is 316 g/mol. The van der Waals surface area contributed by atoms with E-state index < -0.39 is 15.9 Å². The lowest BCUT2D eigenvalue weighted by atomic mass is 10.1. The number of carbonyl (C=O) groups is 1. The van der Waals surface area contributed by atoms with Gasteiger partial charge >= 0.3 is 0 Å². The fraction of sp³-hybridized carbons (Fsp3) is 0.462. The van der Waals surface area contributed by atoms with Gasteiger partial charge in [-0.15, -0.1) is 0 Å². The average Bonchev–Trinajstić information content (AvgIpc) is 2.44. The largest absolute Gasteiger partial charge is 0.496 e. The molecule has 0 unspecified atom stereocenters. The molecule has 0 aromatic heterocycles. The maximum Gasteiger partial charge on any atom is 0.258 e. The zero-order chi connectivity index (χ0) is 16.0. The number of nitrogens with one attached hydrogen (secondary N) is 1. The lowest BCUT2D eigenvalue weighted by Crippen LogP contribution is -2.26. The third-order valence-electron chi connectivity index (χ3n) is 2.86. The van der Waals surface area contributed by atoms with Crippen molar-refractivity contribution >= 4 is 15.9 Å². The summed E-state index contributed by atoms with van der Waals surface area (Å²) >= 11 is 0. The zero-order valence-corrected chi connectivity index (χ0v) is 13.1. The Labute approximate surface area is 124 Å². The Morgan fingerprint density at radius 2 is 1.95 bits per heavy atom. The molecule has 0 heterocycles. The van der Waals surface area contributed by atoms with Crippen molar-refractivity contribution in [3.63, 3.8) is 0 Å². The maximum absolute atomic E-state index is 12.3. The molecule has 1 amide bonds. The Morgan fingerprint density at radius 3 is 2.43 bits per heavy atom. The molecule has 0 bridgehead atoms. The van der Waals surface area contributed by atoms with E-state index in [0.717, 1.165) is 12.8 Å². The summed E-state index contributed by atoms with van der Waals surface area (Å²) < 4.78 is 33.3. The quantitative estimate of drug-likeness (QED) is 0.726. The molecule has 0 fully saturated rings. The molecule has 1 aromatic carbocycles. The summed E-state index contributed by atoms with van der Waals surface area (Å²) in [6.07, 6.45) is 1.73. The normalized spacial score (nSPS) is 11.0. The predicted molar refractivity (Wildman–Crippen MR) is 78.2 cm³/mol. The van der Waals surface area contributed by atoms with Gasteiger partial charge in [-0.3, -0.25) is 4.79 Å². The number of rotatable bonds is 7. The van der Waals surface area contributed by atoms with Gasteiger partial charge in [0.25, 0.3) is 5.91 Å². The first-order valence-corrected chi connectivity index (χ1v) is 7.97. The number of hydrogen-bond acceptors (Lipinski definition) is 5. The Morgan fingerprint density at radius 1 is 1.29 bits per heavy atom. The van der Waals surface area contributed by atoms with Gasteiger partial charge in [-0.05, 0) is 18.6 Å². The number of nitrogens with two attached hydrogens (primary N) is 1. The van der Waals surface area contributed by atoms with Crippen molar-refractivity contribution in [3.05, 3.63) is 17.7 Å². The number of ether oxygens (including phenoxy) is 2. The number of carbonyl (C=O) groups excluding carboxylic acids is 1. The van der Waals surface area contributed by atoms with Gasteiger partial charge < -0.3 is 14.8 Å². The molecule has 0 aliphatic heterocycles. The smallest absolute Gasteiger partial charge is 0.258 e. The first-order chi connectivity index (χ1) is 9.86. The number of methoxy groups -OCH3 is 2. The van der Waals surface area contributed by atoms with Crippen LogP contribution in [0.5, 0.6) is 11.5 Å². The Bertz CT molecular complexity index is 613. The Balaban J connectivity index is 3.35. The van der Waals surface area contributed by atoms with Crippen molar-refractivity contribution in [2.75, 3.05) is 20.8 Å². The monoisotopic (exact) mass is 316 g/mol. The summed E-state index contributed by atoms with van der Waals surface area (Å²) in [6, 6.07) is 2.62. The van der Waals surface area contributed by atoms with Gasteiger partial charge in [-0.25, -0.2) is 13.6 Å². The SMILES string of the molecule is CCCCNC(=O)c1c(OC)ccc(S(N)(=O)=O)c1OC. The highest BCUT2D eigenvalue weighted by Crippen LogP contribution is 2.34. The van der Waals surface area contributed by atoms with Crippen LogP contribution in [0.15, 0.2) is 17.0 Å². The van der Waals surface area contributed by atoms with Crippen molar-refractivity contribution < 1.29 is 22.7 Å². The molecule has 118 valence electrons. The second kappa shape index (κ2) is 7.28. The van der Waals surface area contributed by atoms with Crippen LogP contribution in [0.25, 0.3) is 0 Å². The minimum atomic E-state index is -4.01. The minimum Gasteiger partial charge on any atom is -0.496 e. The van der Waals surface area contributed by atoms with E-state index in [1.54, 1.807) is 0 Å². The molecule has 8 heteroatoms. The molecule has 0 atom stereocenters. The van der Waals surface area contributed by atoms with Gasteiger partial charge in [-0.2, -0.15) is 0 Å². The van der Waals surface area contributed by atoms with E-state index in [2.05, 4.69) is 5.32 Å². The molecular formula is C13H20N2O5S. The lowest BCUT2D eigenvalue weighted by molar-refractivity contribution is 0.0946. The molecule has 1 rings (SSSR count). The topological polar surface area (TPSA) is 108 Å². The number of hydrogen-bond donors (Lipinski definition) is 2. The summed E-state index contributed by atoms with van der Waals surface area (Å²) in [6.45, 7) is 2.47. The van der Waals surface area contributed by atoms with Crippen LogP contribution in [-0.2, 0) is 10.0 Å². The third kappa shape index (κ3) is 4.08. The second-order valence-corrected chi connectivity index (χ2v) is 5.86. The van der Waals surface area contributed by atoms with E-state index in [-0.39, 0.29) is 22.0 Å². The highest BCUT2D eigenvalue weighted by Gasteiger charge is 2.25. The van der Waals surface area contributed by atoms with Gasteiger partial charge in [0.05, 0.1) is 14.2 Å². The number of sulfonamides is 1. The van der Waals surface area contributed by atoms with Crippen molar-refractivity contribution in [2.45, 2.75) is 24.7 Å². The number of primary sulfonamides is 1. The number of amides is 1. The van der Waals surface area contributed by atoms with Crippen LogP contribution in [0.3, 0.4) is 0 Å². The first kappa shape index (κ1) is 17.3. The van der Waals surface area contributed by atoms with Crippen LogP contribution in [0.1, 0.15) is 30.1 Å². The first-order valence-electron chi connectivity index (χ1n) is 6.42. The summed E-state index contributed by atoms with van der Waals surface area (Å²) in [7, 11) is -1.36. The van der Waals surface area contributed by atoms with Gasteiger partial charge in [0.15, 0.2) is 5.75 Å². The van der Waals surface area contributed by atoms with E-state index in [1.807, 2.05) is 6.92 Å². The number of unbranched alkanes of at least 4 members (excludes halogenated alkanes) is 1. The molecule has 0 aliphatic rings. The summed E-state index contributed by atoms with van der Waals surface area (Å²) in [5, 5.41) is 7.83. The van der Waals surface area contributed by atoms with Crippen molar-refractivity contribution in [1.29, 1.82) is 0 Å². The Hall–Kier alpha value is -1.80. The van der Waals surface area contributed by atoms with E-state index in [0.29, 0.717) is 6.54 Å². The third-order valence-corrected chi connectivity index (χ3v) is 3.79. The molecule has 0 aliphatic carbocycles. The van der Waals surface area contributed by atoms with Crippen molar-refractivity contribution in [2.24, 2.45) is 5.14 Å². The summed E-state index contributed by atoms with van der Waals surface area (Å²) in [5.41, 5.74) is 0.0163. The zero-order valence-electron chi connectivity index (χ0n) is 12.3. The fourth-order valence-electron chi connectivity index (χ4n) is 1.82. The molecule has 7 nitrogen and oxygen atoms in total. The van der Waals surface area contributed by atoms with Crippen LogP contribution in [-0.4, -0.2) is 35.1 Å². The molecule has 3 N–H and O–H groups in total. The maximum atomic E-state index is 12.3. The van der Waals surface area contributed by atoms with Crippen LogP contribution >= 0.6 is 0 Å². The lowest BCUT2D eigenvalue weighted by Gasteiger charge is -2.15. The summed E-state index contributed by atoms with van der Waals surface area (Å²) in [5.74, 6) is -0.373. The van der Waals surface area contributed by atoms with E-state index >= 15 is 0 Å². The fourth-order valence-corrected chi connectivity index (χ4v) is 2.53. The number of benzene rings is 1. The predicted octanol–water partition coefficient (Wildman–Crippen LogP) is 0.881. The van der Waals surface area contributed by atoms with Gasteiger partial charge in [0.2, 0.25) is 10.0 Å². The van der Waals surface area contributed by atoms with E-state index in [9.17, 15) is 13.2 Å². The van der Waals surface area contributed by atoms with Crippen LogP contribution in [0.2, 0.25) is 0 Å². The van der Waals surface area contributed by atoms with Crippen LogP contribution in [0, 0.1) is 0 Å². The van der Waals surface area contributed by atoms with Crippen molar-refractivity contribution in [3.8, 4) is 11.5 Å². The van der Waals surface area contributed by atoms with E-state index in [1.165, 1.54) is 26.4 Å². The van der Waals surface area contributed by atoms with Crippen molar-refractivity contribution in [1.82, 2.24) is 5.32 Å². The van der Waals surface area contributed by atoms with Gasteiger partial charge in [-0.1, -0.05) is 13.3 Å². The minimum absolute atomic E-state index is 0.0163. The summed E-state index contributed by atoms with van der Waals surface area (Å²) in [4.78, 5) is 12.0. The highest BCUT2D eigenvalue weighted by atomic mass is 32.2. The molecule has 0 saturated carbocycles. The standard InChI is InChI=1S/C13H20N2O5S/c1-4-5-8-15-13(16)11-9(19-2)6-7-10(12(11)20-3)21(14,17)18/h6-7H,4-5,8H2,1-3H3,(H,15,16)(H2,14,17,18). The molecular weight excluding hydrogens is 296 g/mol. The van der Waals surface area contributed by atoms with Crippen LogP contribution < -0.4 is 19.9 Å². The molecule has 1 aromatic rings.